The number of likely N-dealkylation sites (tertiary alicyclic amines) is 1. The summed E-state index contributed by atoms with van der Waals surface area (Å²) < 4.78 is 0. The summed E-state index contributed by atoms with van der Waals surface area (Å²) in [5.74, 6) is -2.49. The molecule has 1 aliphatic carbocycles. The zero-order valence-electron chi connectivity index (χ0n) is 15.2. The van der Waals surface area contributed by atoms with Gasteiger partial charge >= 0.3 is 5.97 Å². The van der Waals surface area contributed by atoms with Crippen molar-refractivity contribution in [3.8, 4) is 0 Å². The highest BCUT2D eigenvalue weighted by Gasteiger charge is 2.35. The number of carbonyl (C=O) groups is 3. The molecule has 1 saturated heterocycles. The number of carboxylic acid groups (broad SMARTS) is 1. The van der Waals surface area contributed by atoms with E-state index in [2.05, 4.69) is 5.32 Å². The van der Waals surface area contributed by atoms with Crippen molar-refractivity contribution < 1.29 is 19.5 Å². The highest BCUT2D eigenvalue weighted by molar-refractivity contribution is 6.34. The Labute approximate surface area is 163 Å². The fourth-order valence-corrected chi connectivity index (χ4v) is 4.27. The Bertz CT molecular complexity index is 731. The molecule has 0 spiro atoms. The quantitative estimate of drug-likeness (QED) is 0.815. The zero-order valence-corrected chi connectivity index (χ0v) is 16.0. The average Bonchev–Trinajstić information content (AvgIpc) is 2.68. The third-order valence-electron chi connectivity index (χ3n) is 5.53. The lowest BCUT2D eigenvalue weighted by molar-refractivity contribution is -0.147. The van der Waals surface area contributed by atoms with Crippen LogP contribution in [-0.4, -0.2) is 40.9 Å². The number of benzene rings is 1. The van der Waals surface area contributed by atoms with Gasteiger partial charge in [0.1, 0.15) is 0 Å². The summed E-state index contributed by atoms with van der Waals surface area (Å²) >= 11 is 6.30. The SMILES string of the molecule is O=C(O)C1CCCCC1C(=O)Nc1ccc(C(=O)N2CCCCC2)c(Cl)c1. The van der Waals surface area contributed by atoms with Gasteiger partial charge in [0.15, 0.2) is 0 Å². The molecule has 2 amide bonds. The molecule has 2 unspecified atom stereocenters. The van der Waals surface area contributed by atoms with Gasteiger partial charge in [-0.1, -0.05) is 24.4 Å². The van der Waals surface area contributed by atoms with E-state index >= 15 is 0 Å². The van der Waals surface area contributed by atoms with Crippen LogP contribution in [0.4, 0.5) is 5.69 Å². The molecule has 0 bridgehead atoms. The van der Waals surface area contributed by atoms with Gasteiger partial charge in [-0.25, -0.2) is 0 Å². The van der Waals surface area contributed by atoms with Gasteiger partial charge in [0, 0.05) is 18.8 Å². The number of halogens is 1. The van der Waals surface area contributed by atoms with E-state index in [9.17, 15) is 19.5 Å². The number of amides is 2. The summed E-state index contributed by atoms with van der Waals surface area (Å²) in [5.41, 5.74) is 0.910. The molecule has 7 heteroatoms. The van der Waals surface area contributed by atoms with Crippen LogP contribution in [0.2, 0.25) is 5.02 Å². The number of aliphatic carboxylic acids is 1. The van der Waals surface area contributed by atoms with E-state index in [1.54, 1.807) is 18.2 Å². The van der Waals surface area contributed by atoms with Gasteiger partial charge in [-0.3, -0.25) is 14.4 Å². The maximum absolute atomic E-state index is 12.6. The Morgan fingerprint density at radius 1 is 1.00 bits per heavy atom. The predicted octanol–water partition coefficient (Wildman–Crippen LogP) is 3.80. The van der Waals surface area contributed by atoms with Crippen LogP contribution in [0.5, 0.6) is 0 Å². The normalized spacial score (nSPS) is 22.9. The molecule has 1 saturated carbocycles. The molecule has 1 aromatic rings. The highest BCUT2D eigenvalue weighted by Crippen LogP contribution is 2.32. The van der Waals surface area contributed by atoms with Crippen molar-refractivity contribution in [1.82, 2.24) is 4.90 Å². The van der Waals surface area contributed by atoms with Crippen molar-refractivity contribution in [2.45, 2.75) is 44.9 Å². The molecule has 2 aliphatic rings. The number of carbonyl (C=O) groups excluding carboxylic acids is 2. The molecule has 146 valence electrons. The van der Waals surface area contributed by atoms with Crippen LogP contribution in [0.15, 0.2) is 18.2 Å². The first-order valence-electron chi connectivity index (χ1n) is 9.60. The van der Waals surface area contributed by atoms with Crippen LogP contribution in [-0.2, 0) is 9.59 Å². The van der Waals surface area contributed by atoms with Gasteiger partial charge in [0.25, 0.3) is 5.91 Å². The monoisotopic (exact) mass is 392 g/mol. The largest absolute Gasteiger partial charge is 0.481 e. The van der Waals surface area contributed by atoms with Crippen molar-refractivity contribution in [1.29, 1.82) is 0 Å². The van der Waals surface area contributed by atoms with Crippen molar-refractivity contribution in [3.63, 3.8) is 0 Å². The van der Waals surface area contributed by atoms with E-state index < -0.39 is 17.8 Å². The van der Waals surface area contributed by atoms with Gasteiger partial charge in [-0.2, -0.15) is 0 Å². The summed E-state index contributed by atoms with van der Waals surface area (Å²) in [4.78, 5) is 38.4. The van der Waals surface area contributed by atoms with Crippen molar-refractivity contribution in [2.75, 3.05) is 18.4 Å². The van der Waals surface area contributed by atoms with E-state index in [0.29, 0.717) is 29.1 Å². The highest BCUT2D eigenvalue weighted by atomic mass is 35.5. The molecule has 3 rings (SSSR count). The fourth-order valence-electron chi connectivity index (χ4n) is 4.01. The molecule has 1 aromatic carbocycles. The smallest absolute Gasteiger partial charge is 0.307 e. The number of carboxylic acids is 1. The molecule has 0 radical (unpaired) electrons. The molecule has 27 heavy (non-hydrogen) atoms. The number of nitrogens with one attached hydrogen (secondary N) is 1. The number of piperidine rings is 1. The van der Waals surface area contributed by atoms with Gasteiger partial charge in [-0.05, 0) is 50.3 Å². The molecular weight excluding hydrogens is 368 g/mol. The number of rotatable bonds is 4. The summed E-state index contributed by atoms with van der Waals surface area (Å²) in [6, 6.07) is 4.85. The van der Waals surface area contributed by atoms with E-state index in [-0.39, 0.29) is 11.8 Å². The molecule has 1 heterocycles. The minimum atomic E-state index is -0.921. The molecular formula is C20H25ClN2O4. The maximum Gasteiger partial charge on any atom is 0.307 e. The Morgan fingerprint density at radius 2 is 1.67 bits per heavy atom. The summed E-state index contributed by atoms with van der Waals surface area (Å²) in [6.45, 7) is 1.48. The van der Waals surface area contributed by atoms with Crippen LogP contribution >= 0.6 is 11.6 Å². The van der Waals surface area contributed by atoms with Crippen LogP contribution in [0.1, 0.15) is 55.3 Å². The number of hydrogen-bond donors (Lipinski definition) is 2. The van der Waals surface area contributed by atoms with Crippen LogP contribution in [0.3, 0.4) is 0 Å². The Morgan fingerprint density at radius 3 is 2.30 bits per heavy atom. The Kier molecular flexibility index (Phi) is 6.37. The molecule has 1 aliphatic heterocycles. The van der Waals surface area contributed by atoms with Crippen LogP contribution < -0.4 is 5.32 Å². The van der Waals surface area contributed by atoms with E-state index in [0.717, 1.165) is 45.2 Å². The predicted molar refractivity (Wildman–Crippen MR) is 103 cm³/mol. The van der Waals surface area contributed by atoms with Gasteiger partial charge in [-0.15, -0.1) is 0 Å². The first-order valence-corrected chi connectivity index (χ1v) is 9.97. The second kappa shape index (κ2) is 8.74. The Balaban J connectivity index is 1.69. The van der Waals surface area contributed by atoms with Crippen molar-refractivity contribution in [2.24, 2.45) is 11.8 Å². The third kappa shape index (κ3) is 4.61. The topological polar surface area (TPSA) is 86.7 Å². The minimum absolute atomic E-state index is 0.0872. The lowest BCUT2D eigenvalue weighted by Gasteiger charge is -2.28. The summed E-state index contributed by atoms with van der Waals surface area (Å²) in [7, 11) is 0. The molecule has 0 aromatic heterocycles. The first-order chi connectivity index (χ1) is 13.0. The van der Waals surface area contributed by atoms with Crippen molar-refractivity contribution in [3.05, 3.63) is 28.8 Å². The number of nitrogens with zero attached hydrogens (tertiary/aromatic N) is 1. The second-order valence-electron chi connectivity index (χ2n) is 7.37. The number of anilines is 1. The van der Waals surface area contributed by atoms with Gasteiger partial charge in [0.05, 0.1) is 22.4 Å². The average molecular weight is 393 g/mol. The summed E-state index contributed by atoms with van der Waals surface area (Å²) in [6.07, 6.45) is 5.93. The molecule has 2 atom stereocenters. The molecule has 2 fully saturated rings. The summed E-state index contributed by atoms with van der Waals surface area (Å²) in [5, 5.41) is 12.4. The number of hydrogen-bond acceptors (Lipinski definition) is 3. The lowest BCUT2D eigenvalue weighted by atomic mass is 9.78. The van der Waals surface area contributed by atoms with E-state index in [1.807, 2.05) is 4.90 Å². The van der Waals surface area contributed by atoms with E-state index in [1.165, 1.54) is 0 Å². The Hall–Kier alpha value is -2.08. The van der Waals surface area contributed by atoms with Crippen molar-refractivity contribution >= 4 is 35.1 Å². The minimum Gasteiger partial charge on any atom is -0.481 e. The fraction of sp³-hybridized carbons (Fsp3) is 0.550. The molecule has 6 nitrogen and oxygen atoms in total. The van der Waals surface area contributed by atoms with Crippen LogP contribution in [0, 0.1) is 11.8 Å². The van der Waals surface area contributed by atoms with E-state index in [4.69, 9.17) is 11.6 Å². The third-order valence-corrected chi connectivity index (χ3v) is 5.84. The van der Waals surface area contributed by atoms with Gasteiger partial charge in [0.2, 0.25) is 5.91 Å². The first kappa shape index (κ1) is 19.7. The standard InChI is InChI=1S/C20H25ClN2O4/c21-17-12-13(8-9-16(17)19(25)23-10-4-1-5-11-23)22-18(24)14-6-2-3-7-15(14)20(26)27/h8-9,12,14-15H,1-7,10-11H2,(H,22,24)(H,26,27). The van der Waals surface area contributed by atoms with Crippen LogP contribution in [0.25, 0.3) is 0 Å². The molecule has 2 N–H and O–H groups in total. The second-order valence-corrected chi connectivity index (χ2v) is 7.78. The van der Waals surface area contributed by atoms with Gasteiger partial charge < -0.3 is 15.3 Å². The zero-order chi connectivity index (χ0) is 19.4. The lowest BCUT2D eigenvalue weighted by Crippen LogP contribution is -2.36. The maximum atomic E-state index is 12.6.